The Bertz CT molecular complexity index is 992. The number of rotatable bonds is 5. The summed E-state index contributed by atoms with van der Waals surface area (Å²) in [5.41, 5.74) is 1.22. The molecule has 3 aromatic rings. The molecule has 2 N–H and O–H groups in total. The van der Waals surface area contributed by atoms with Gasteiger partial charge in [-0.1, -0.05) is 12.1 Å². The van der Waals surface area contributed by atoms with Crippen LogP contribution in [-0.2, 0) is 0 Å². The number of hydrogen-bond donors (Lipinski definition) is 2. The summed E-state index contributed by atoms with van der Waals surface area (Å²) >= 11 is 0. The van der Waals surface area contributed by atoms with Crippen molar-refractivity contribution in [2.45, 2.75) is 0 Å². The number of nitrogens with zero attached hydrogens (tertiary/aromatic N) is 2. The maximum Gasteiger partial charge on any atom is 0.260 e. The second-order valence-electron chi connectivity index (χ2n) is 5.94. The first kappa shape index (κ1) is 17.6. The normalized spacial score (nSPS) is 12.2. The van der Waals surface area contributed by atoms with Gasteiger partial charge < -0.3 is 24.8 Å². The first-order chi connectivity index (χ1) is 13.7. The number of carbonyl (C=O) groups is 1. The number of anilines is 3. The lowest BCUT2D eigenvalue weighted by molar-refractivity contribution is 0.102. The van der Waals surface area contributed by atoms with Crippen molar-refractivity contribution in [3.05, 3.63) is 60.2 Å². The average Bonchev–Trinajstić information content (AvgIpc) is 2.75. The van der Waals surface area contributed by atoms with E-state index < -0.39 is 0 Å². The fourth-order valence-corrected chi connectivity index (χ4v) is 2.75. The number of hydrogen-bond acceptors (Lipinski definition) is 7. The van der Waals surface area contributed by atoms with Crippen molar-refractivity contribution in [2.75, 3.05) is 31.0 Å². The van der Waals surface area contributed by atoms with Gasteiger partial charge in [-0.25, -0.2) is 0 Å². The molecule has 0 saturated heterocycles. The van der Waals surface area contributed by atoms with Crippen LogP contribution >= 0.6 is 0 Å². The van der Waals surface area contributed by atoms with Gasteiger partial charge in [-0.15, -0.1) is 10.2 Å². The van der Waals surface area contributed by atoms with Crippen molar-refractivity contribution >= 4 is 23.2 Å². The van der Waals surface area contributed by atoms with Gasteiger partial charge in [0.05, 0.1) is 12.7 Å². The first-order valence-electron chi connectivity index (χ1n) is 8.68. The molecule has 8 heteroatoms. The summed E-state index contributed by atoms with van der Waals surface area (Å²) in [4.78, 5) is 12.4. The van der Waals surface area contributed by atoms with Crippen molar-refractivity contribution in [3.63, 3.8) is 0 Å². The van der Waals surface area contributed by atoms with E-state index in [-0.39, 0.29) is 5.91 Å². The molecule has 0 unspecified atom stereocenters. The molecule has 4 rings (SSSR count). The van der Waals surface area contributed by atoms with Gasteiger partial charge in [-0.3, -0.25) is 4.79 Å². The van der Waals surface area contributed by atoms with Crippen molar-refractivity contribution in [3.8, 4) is 17.2 Å². The molecule has 1 aromatic heterocycles. The Morgan fingerprint density at radius 1 is 0.964 bits per heavy atom. The average molecular weight is 378 g/mol. The summed E-state index contributed by atoms with van der Waals surface area (Å²) in [5, 5.41) is 14.0. The van der Waals surface area contributed by atoms with Gasteiger partial charge in [0, 0.05) is 11.8 Å². The molecule has 142 valence electrons. The molecule has 0 aliphatic carbocycles. The van der Waals surface area contributed by atoms with E-state index in [0.717, 1.165) is 11.4 Å². The van der Waals surface area contributed by atoms with E-state index in [4.69, 9.17) is 14.2 Å². The third-order valence-corrected chi connectivity index (χ3v) is 4.07. The number of ether oxygens (including phenoxy) is 3. The lowest BCUT2D eigenvalue weighted by atomic mass is 10.2. The Kier molecular flexibility index (Phi) is 4.92. The molecule has 8 nitrogen and oxygen atoms in total. The van der Waals surface area contributed by atoms with Crippen LogP contribution in [0.15, 0.2) is 54.6 Å². The van der Waals surface area contributed by atoms with Gasteiger partial charge in [-0.2, -0.15) is 0 Å². The molecule has 28 heavy (non-hydrogen) atoms. The number of methoxy groups -OCH3 is 1. The van der Waals surface area contributed by atoms with E-state index in [0.29, 0.717) is 41.9 Å². The Morgan fingerprint density at radius 2 is 1.71 bits per heavy atom. The van der Waals surface area contributed by atoms with Crippen LogP contribution in [0.1, 0.15) is 10.4 Å². The fraction of sp³-hybridized carbons (Fsp3) is 0.150. The zero-order chi connectivity index (χ0) is 19.3. The van der Waals surface area contributed by atoms with Crippen molar-refractivity contribution in [2.24, 2.45) is 0 Å². The Balaban J connectivity index is 1.43. The minimum absolute atomic E-state index is 0.320. The summed E-state index contributed by atoms with van der Waals surface area (Å²) in [5.74, 6) is 2.45. The van der Waals surface area contributed by atoms with Crippen molar-refractivity contribution in [1.29, 1.82) is 0 Å². The fourth-order valence-electron chi connectivity index (χ4n) is 2.75. The molecule has 0 atom stereocenters. The Hall–Kier alpha value is -3.81. The lowest BCUT2D eigenvalue weighted by Gasteiger charge is -2.19. The quantitative estimate of drug-likeness (QED) is 0.704. The van der Waals surface area contributed by atoms with Crippen LogP contribution in [0.25, 0.3) is 0 Å². The molecule has 0 fully saturated rings. The molecular weight excluding hydrogens is 360 g/mol. The zero-order valence-corrected chi connectivity index (χ0v) is 15.1. The zero-order valence-electron chi connectivity index (χ0n) is 15.1. The summed E-state index contributed by atoms with van der Waals surface area (Å²) in [6, 6.07) is 15.9. The van der Waals surface area contributed by atoms with E-state index in [1.165, 1.54) is 7.11 Å². The highest BCUT2D eigenvalue weighted by Crippen LogP contribution is 2.33. The minimum atomic E-state index is -0.320. The smallest absolute Gasteiger partial charge is 0.260 e. The predicted octanol–water partition coefficient (Wildman–Crippen LogP) is 3.25. The topological polar surface area (TPSA) is 94.6 Å². The van der Waals surface area contributed by atoms with Gasteiger partial charge in [0.25, 0.3) is 5.91 Å². The maximum absolute atomic E-state index is 12.4. The molecule has 1 aliphatic rings. The van der Waals surface area contributed by atoms with Crippen LogP contribution in [0, 0.1) is 0 Å². The van der Waals surface area contributed by atoms with Gasteiger partial charge in [-0.05, 0) is 36.4 Å². The van der Waals surface area contributed by atoms with E-state index in [1.807, 2.05) is 18.2 Å². The predicted molar refractivity (Wildman–Crippen MR) is 104 cm³/mol. The second-order valence-corrected chi connectivity index (χ2v) is 5.94. The molecule has 2 heterocycles. The highest BCUT2D eigenvalue weighted by atomic mass is 16.6. The molecule has 1 amide bonds. The molecule has 0 bridgehead atoms. The third-order valence-electron chi connectivity index (χ3n) is 4.07. The number of fused-ring (bicyclic) bond motifs is 1. The number of nitrogens with one attached hydrogen (secondary N) is 2. The summed E-state index contributed by atoms with van der Waals surface area (Å²) in [6.07, 6.45) is 0. The number of aromatic nitrogens is 2. The maximum atomic E-state index is 12.4. The Morgan fingerprint density at radius 3 is 2.50 bits per heavy atom. The highest BCUT2D eigenvalue weighted by Gasteiger charge is 2.14. The Labute approximate surface area is 161 Å². The summed E-state index contributed by atoms with van der Waals surface area (Å²) in [6.45, 7) is 1.07. The molecule has 0 radical (unpaired) electrons. The molecule has 0 saturated carbocycles. The number of benzene rings is 2. The van der Waals surface area contributed by atoms with Gasteiger partial charge in [0.1, 0.15) is 19.0 Å². The summed E-state index contributed by atoms with van der Waals surface area (Å²) < 4.78 is 16.3. The number of carbonyl (C=O) groups excluding carboxylic acids is 1. The van der Waals surface area contributed by atoms with Crippen LogP contribution in [-0.4, -0.2) is 36.4 Å². The SMILES string of the molecule is COc1ccccc1C(=O)Nc1ccc(Nc2ccc3c(c2)OCCO3)nn1. The van der Waals surface area contributed by atoms with Crippen LogP contribution in [0.3, 0.4) is 0 Å². The number of para-hydroxylation sites is 1. The molecular formula is C20H18N4O4. The standard InChI is InChI=1S/C20H18N4O4/c1-26-15-5-3-2-4-14(15)20(25)22-19-9-8-18(23-24-19)21-13-6-7-16-17(12-13)28-11-10-27-16/h2-9,12H,10-11H2,1H3,(H,21,23)(H,22,24,25). The first-order valence-corrected chi connectivity index (χ1v) is 8.68. The second kappa shape index (κ2) is 7.83. The van der Waals surface area contributed by atoms with E-state index in [9.17, 15) is 4.79 Å². The largest absolute Gasteiger partial charge is 0.496 e. The lowest BCUT2D eigenvalue weighted by Crippen LogP contribution is -2.15. The third kappa shape index (κ3) is 3.80. The van der Waals surface area contributed by atoms with Gasteiger partial charge in [0.15, 0.2) is 23.1 Å². The van der Waals surface area contributed by atoms with E-state index >= 15 is 0 Å². The summed E-state index contributed by atoms with van der Waals surface area (Å²) in [7, 11) is 1.52. The van der Waals surface area contributed by atoms with E-state index in [2.05, 4.69) is 20.8 Å². The van der Waals surface area contributed by atoms with Gasteiger partial charge >= 0.3 is 0 Å². The molecule has 1 aliphatic heterocycles. The van der Waals surface area contributed by atoms with Crippen LogP contribution in [0.4, 0.5) is 17.3 Å². The molecule has 2 aromatic carbocycles. The monoisotopic (exact) mass is 378 g/mol. The van der Waals surface area contributed by atoms with Crippen molar-refractivity contribution in [1.82, 2.24) is 10.2 Å². The highest BCUT2D eigenvalue weighted by molar-refractivity contribution is 6.05. The van der Waals surface area contributed by atoms with Gasteiger partial charge in [0.2, 0.25) is 0 Å². The van der Waals surface area contributed by atoms with Crippen LogP contribution in [0.2, 0.25) is 0 Å². The van der Waals surface area contributed by atoms with Crippen molar-refractivity contribution < 1.29 is 19.0 Å². The molecule has 0 spiro atoms. The van der Waals surface area contributed by atoms with Crippen LogP contribution in [0.5, 0.6) is 17.2 Å². The van der Waals surface area contributed by atoms with Crippen LogP contribution < -0.4 is 24.8 Å². The van der Waals surface area contributed by atoms with E-state index in [1.54, 1.807) is 36.4 Å². The minimum Gasteiger partial charge on any atom is -0.496 e. The number of amides is 1.